The Morgan fingerprint density at radius 3 is 1.62 bits per heavy atom. The van der Waals surface area contributed by atoms with Gasteiger partial charge in [-0.2, -0.15) is 8.42 Å². The largest absolute Gasteiger partial charge is 0.349 e. The van der Waals surface area contributed by atoms with E-state index in [4.69, 9.17) is 40.3 Å². The molecule has 7 aromatic rings. The molecule has 6 N–H and O–H groups in total. The number of Topliss-reactive ketones (excluding diaryl/α,β-unsaturated/α-hetero) is 1. The maximum absolute atomic E-state index is 14.7. The Morgan fingerprint density at radius 1 is 0.633 bits per heavy atom. The van der Waals surface area contributed by atoms with Crippen LogP contribution in [0.2, 0.25) is 0 Å². The van der Waals surface area contributed by atoms with Crippen LogP contribution >= 0.6 is 11.3 Å². The van der Waals surface area contributed by atoms with Crippen molar-refractivity contribution in [3.05, 3.63) is 164 Å². The number of hydrazine groups is 1. The summed E-state index contributed by atoms with van der Waals surface area (Å²) in [5, 5.41) is 6.21. The predicted molar refractivity (Wildman–Crippen MR) is 295 cm³/mol. The minimum Gasteiger partial charge on any atom is -0.349 e. The van der Waals surface area contributed by atoms with Gasteiger partial charge in [-0.05, 0) is 117 Å². The van der Waals surface area contributed by atoms with Gasteiger partial charge in [-0.25, -0.2) is 35.7 Å². The Kier molecular flexibility index (Phi) is 21.0. The number of thiophene rings is 1. The number of hydrogen-bond acceptors (Lipinski definition) is 16. The van der Waals surface area contributed by atoms with Crippen LogP contribution in [-0.2, 0) is 71.9 Å². The molecule has 16 bridgehead atoms. The van der Waals surface area contributed by atoms with Crippen molar-refractivity contribution in [1.82, 2.24) is 55.8 Å². The van der Waals surface area contributed by atoms with E-state index in [2.05, 4.69) is 31.9 Å². The van der Waals surface area contributed by atoms with Gasteiger partial charge in [-0.3, -0.25) is 39.0 Å². The van der Waals surface area contributed by atoms with E-state index >= 15 is 0 Å². The Balaban J connectivity index is 0.00000131. The maximum atomic E-state index is 14.7. The summed E-state index contributed by atoms with van der Waals surface area (Å²) < 4.78 is 25.9. The summed E-state index contributed by atoms with van der Waals surface area (Å²) in [6.45, 7) is 2.64. The molecule has 7 aromatic heterocycles. The van der Waals surface area contributed by atoms with Crippen molar-refractivity contribution in [2.45, 2.75) is 116 Å². The van der Waals surface area contributed by atoms with Gasteiger partial charge in [-0.15, -0.1) is 11.3 Å². The Hall–Kier alpha value is -5.95. The molecule has 4 aliphatic heterocycles. The fourth-order valence-electron chi connectivity index (χ4n) is 9.69. The molecular weight excluding hydrogens is 1180 g/mol. The third-order valence-corrected chi connectivity index (χ3v) is 14.5. The molecule has 11 rings (SSSR count). The third-order valence-electron chi connectivity index (χ3n) is 13.3. The number of nitrogens with one attached hydrogen (secondary N) is 3. The number of aryl methyl sites for hydroxylation is 1. The van der Waals surface area contributed by atoms with E-state index < -0.39 is 22.1 Å². The van der Waals surface area contributed by atoms with Crippen LogP contribution in [-0.4, -0.2) is 88.5 Å². The molecule has 11 heterocycles. The number of rotatable bonds is 9. The molecule has 4 aliphatic rings. The van der Waals surface area contributed by atoms with Crippen LogP contribution in [0, 0.1) is 49.4 Å². The van der Waals surface area contributed by atoms with Crippen molar-refractivity contribution in [1.29, 1.82) is 0 Å². The van der Waals surface area contributed by atoms with Gasteiger partial charge >= 0.3 is 0 Å². The van der Waals surface area contributed by atoms with Gasteiger partial charge in [0, 0.05) is 122 Å². The summed E-state index contributed by atoms with van der Waals surface area (Å²) in [6.07, 6.45) is 7.26. The van der Waals surface area contributed by atoms with Crippen LogP contribution in [0.5, 0.6) is 0 Å². The van der Waals surface area contributed by atoms with E-state index in [1.54, 1.807) is 29.5 Å². The first-order valence-electron chi connectivity index (χ1n) is 26.1. The van der Waals surface area contributed by atoms with E-state index in [1.165, 1.54) is 4.88 Å². The first kappa shape index (κ1) is 59.2. The normalized spacial score (nSPS) is 17.2. The minimum absolute atomic E-state index is 0. The number of ketones is 1. The zero-order valence-electron chi connectivity index (χ0n) is 43.7. The molecule has 19 nitrogen and oxygen atoms in total. The molecule has 0 fully saturated rings. The molecule has 411 valence electrons. The van der Waals surface area contributed by atoms with Crippen molar-refractivity contribution in [2.75, 3.05) is 6.26 Å². The van der Waals surface area contributed by atoms with E-state index in [0.29, 0.717) is 118 Å². The summed E-state index contributed by atoms with van der Waals surface area (Å²) in [6, 6.07) is 34.4. The molecular formula is C57H62EuN12O7S2. The van der Waals surface area contributed by atoms with Gasteiger partial charge in [0.1, 0.15) is 6.04 Å². The van der Waals surface area contributed by atoms with Gasteiger partial charge in [0.15, 0.2) is 5.78 Å². The van der Waals surface area contributed by atoms with Crippen molar-refractivity contribution in [3.8, 4) is 34.2 Å². The average Bonchev–Trinajstić information content (AvgIpc) is 3.94. The minimum atomic E-state index is -3.67. The van der Waals surface area contributed by atoms with Crippen LogP contribution < -0.4 is 21.9 Å². The molecule has 0 saturated heterocycles. The number of nitrogens with two attached hydrogens (primary N) is 1. The van der Waals surface area contributed by atoms with Gasteiger partial charge in [0.25, 0.3) is 16.0 Å². The second kappa shape index (κ2) is 28.0. The number of carbonyl (C=O) groups excluding carboxylic acids is 4. The first-order chi connectivity index (χ1) is 37.7. The van der Waals surface area contributed by atoms with Crippen LogP contribution in [0.4, 0.5) is 0 Å². The molecule has 0 aliphatic carbocycles. The standard InChI is InChI=1S/C56H58N12O4S.CH4O3S.Eu/c57-66-54(70)22-6-1-3-15-44-23-24-45(73-44)29-58-56(72)50-16-4-2-5-21-53(69)36-25-42-34-67-30-38-11-7-17-46(59-38)48-19-9-13-40(61-48)32-68(33-41-14-10-20-49(62-41)47-18-8-12-39(31-67)60-47)35-43-26-37(55(71)65-50)28-52(64-43)51(27-36)63-42;1-5(2,3)4;/h7-14,17-20,23-28,50H,1-6,15-16,21-22,29-35,57H2,(H,58,72)(H,65,71)(H,66,70);1H3,(H,2,3,4);. The van der Waals surface area contributed by atoms with Crippen molar-refractivity contribution >= 4 is 45.0 Å². The summed E-state index contributed by atoms with van der Waals surface area (Å²) in [4.78, 5) is 92.2. The van der Waals surface area contributed by atoms with Crippen LogP contribution in [0.3, 0.4) is 0 Å². The Bertz CT molecular complexity index is 3330. The smallest absolute Gasteiger partial charge is 0.261 e. The average molecular weight is 1240 g/mol. The molecule has 3 amide bonds. The van der Waals surface area contributed by atoms with E-state index in [9.17, 15) is 27.6 Å². The van der Waals surface area contributed by atoms with Gasteiger partial charge in [0.2, 0.25) is 11.8 Å². The van der Waals surface area contributed by atoms with Crippen molar-refractivity contribution in [2.24, 2.45) is 5.84 Å². The van der Waals surface area contributed by atoms with Crippen LogP contribution in [0.1, 0.15) is 122 Å². The molecule has 0 spiro atoms. The number of amides is 3. The third kappa shape index (κ3) is 17.5. The fraction of sp³-hybridized carbons (Fsp3) is 0.333. The number of aromatic nitrogens is 6. The summed E-state index contributed by atoms with van der Waals surface area (Å²) in [5.41, 5.74) is 11.5. The quantitative estimate of drug-likeness (QED) is 0.0312. The van der Waals surface area contributed by atoms with Gasteiger partial charge in [0.05, 0.1) is 81.1 Å². The summed E-state index contributed by atoms with van der Waals surface area (Å²) in [5.74, 6) is 4.34. The number of carbonyl (C=O) groups is 4. The molecule has 1 atom stereocenters. The van der Waals surface area contributed by atoms with Crippen molar-refractivity contribution < 1.29 is 81.5 Å². The number of pyridine rings is 6. The number of fused-ring (bicyclic) bond motifs is 2. The van der Waals surface area contributed by atoms with Gasteiger partial charge < -0.3 is 10.6 Å². The topological polar surface area (TPSA) is 269 Å². The van der Waals surface area contributed by atoms with Crippen molar-refractivity contribution in [3.63, 3.8) is 0 Å². The molecule has 1 unspecified atom stereocenters. The number of nitrogens with zero attached hydrogens (tertiary/aromatic N) is 8. The molecule has 22 heteroatoms. The van der Waals surface area contributed by atoms with Crippen LogP contribution in [0.25, 0.3) is 34.2 Å². The van der Waals surface area contributed by atoms with E-state index in [1.807, 2.05) is 84.9 Å². The molecule has 0 saturated carbocycles. The summed E-state index contributed by atoms with van der Waals surface area (Å²) in [7, 11) is -3.67. The zero-order valence-corrected chi connectivity index (χ0v) is 47.8. The molecule has 0 aromatic carbocycles. The van der Waals surface area contributed by atoms with Gasteiger partial charge in [-0.1, -0.05) is 43.5 Å². The maximum Gasteiger partial charge on any atom is 0.261 e. The summed E-state index contributed by atoms with van der Waals surface area (Å²) >= 11 is 1.64. The number of hydrogen-bond donors (Lipinski definition) is 5. The van der Waals surface area contributed by atoms with E-state index in [-0.39, 0.29) is 73.5 Å². The second-order valence-corrected chi connectivity index (χ2v) is 22.5. The first-order valence-corrected chi connectivity index (χ1v) is 28.8. The number of unbranched alkanes of at least 4 members (excludes halogenated alkanes) is 2. The fourth-order valence-corrected chi connectivity index (χ4v) is 10.7. The Labute approximate surface area is 504 Å². The van der Waals surface area contributed by atoms with E-state index in [0.717, 1.165) is 76.1 Å². The SMILES string of the molecule is CS(=O)(=O)O.NNC(=O)CCCCCc1ccc(CNC(=O)C2CCCCCC(=O)c3cc4nc(c3)-c3cc(cc(n3)CN3Cc5cccc(n5)-c5cccc(n5)CN(Cc5cccc(n5)-c5cccc(n5)C3)C4)C(=O)N2)s1.[Eu]. The zero-order chi connectivity index (χ0) is 54.6. The molecule has 79 heavy (non-hydrogen) atoms. The predicted octanol–water partition coefficient (Wildman–Crippen LogP) is 7.31. The second-order valence-electron chi connectivity index (χ2n) is 19.8. The van der Waals surface area contributed by atoms with Crippen LogP contribution in [0.15, 0.2) is 109 Å². The molecule has 1 radical (unpaired) electrons. The Morgan fingerprint density at radius 2 is 1.10 bits per heavy atom. The monoisotopic (exact) mass is 1240 g/mol.